The lowest BCUT2D eigenvalue weighted by atomic mass is 9.95. The van der Waals surface area contributed by atoms with Crippen LogP contribution in [0.2, 0.25) is 0 Å². The number of nitrogens with two attached hydrogens (primary N) is 2. The molecule has 0 fully saturated rings. The number of nitrogens with zero attached hydrogens (tertiary/aromatic N) is 1. The molecule has 12 heavy (non-hydrogen) atoms. The monoisotopic (exact) mass is 175 g/mol. The first-order chi connectivity index (χ1) is 5.66. The number of aromatic nitrogens is 1. The molecule has 0 amide bonds. The van der Waals surface area contributed by atoms with E-state index in [1.54, 1.807) is 12.1 Å². The van der Waals surface area contributed by atoms with E-state index < -0.39 is 0 Å². The van der Waals surface area contributed by atoms with Crippen LogP contribution in [-0.2, 0) is 0 Å². The summed E-state index contributed by atoms with van der Waals surface area (Å²) in [6.45, 7) is 0. The van der Waals surface area contributed by atoms with Crippen LogP contribution < -0.4 is 16.9 Å². The summed E-state index contributed by atoms with van der Waals surface area (Å²) in [7, 11) is 5.71. The van der Waals surface area contributed by atoms with Gasteiger partial charge in [0.15, 0.2) is 5.13 Å². The molecule has 5 heteroatoms. The van der Waals surface area contributed by atoms with Crippen LogP contribution in [-0.4, -0.2) is 12.8 Å². The molecule has 2 aromatic rings. The number of benzene rings is 1. The van der Waals surface area contributed by atoms with Gasteiger partial charge in [0.2, 0.25) is 0 Å². The minimum atomic E-state index is 0.516. The Morgan fingerprint density at radius 3 is 2.83 bits per heavy atom. The van der Waals surface area contributed by atoms with Gasteiger partial charge in [-0.3, -0.25) is 0 Å². The highest BCUT2D eigenvalue weighted by Gasteiger charge is 2.03. The van der Waals surface area contributed by atoms with E-state index >= 15 is 0 Å². The molecule has 0 unspecified atom stereocenters. The smallest absolute Gasteiger partial charge is 0.181 e. The fourth-order valence-electron chi connectivity index (χ4n) is 1.10. The highest BCUT2D eigenvalue weighted by molar-refractivity contribution is 7.23. The SMILES string of the molecule is [B]c1cc(N)cc2nc(N)sc12. The van der Waals surface area contributed by atoms with Crippen molar-refractivity contribution >= 4 is 45.7 Å². The van der Waals surface area contributed by atoms with Crippen molar-refractivity contribution in [1.82, 2.24) is 4.98 Å². The topological polar surface area (TPSA) is 64.9 Å². The minimum absolute atomic E-state index is 0.516. The number of anilines is 2. The lowest BCUT2D eigenvalue weighted by molar-refractivity contribution is 1.50. The molecule has 3 nitrogen and oxygen atoms in total. The van der Waals surface area contributed by atoms with Crippen molar-refractivity contribution in [3.05, 3.63) is 12.1 Å². The zero-order valence-corrected chi connectivity index (χ0v) is 7.06. The summed E-state index contributed by atoms with van der Waals surface area (Å²) in [5.74, 6) is 0. The van der Waals surface area contributed by atoms with Crippen LogP contribution in [0, 0.1) is 0 Å². The van der Waals surface area contributed by atoms with Gasteiger partial charge >= 0.3 is 0 Å². The van der Waals surface area contributed by atoms with Crippen molar-refractivity contribution in [2.24, 2.45) is 0 Å². The van der Waals surface area contributed by atoms with Crippen LogP contribution in [0.5, 0.6) is 0 Å². The number of hydrogen-bond donors (Lipinski definition) is 2. The molecule has 1 aromatic heterocycles. The number of rotatable bonds is 0. The summed E-state index contributed by atoms with van der Waals surface area (Å²) in [5.41, 5.74) is 13.1. The number of hydrogen-bond acceptors (Lipinski definition) is 4. The standard InChI is InChI=1S/C7H6BN3S/c8-4-1-3(9)2-5-6(4)12-7(10)11-5/h1-2H,9H2,(H2,10,11). The van der Waals surface area contributed by atoms with Crippen molar-refractivity contribution in [3.63, 3.8) is 0 Å². The van der Waals surface area contributed by atoms with E-state index in [-0.39, 0.29) is 0 Å². The predicted molar refractivity (Wildman–Crippen MR) is 53.8 cm³/mol. The van der Waals surface area contributed by atoms with Gasteiger partial charge in [-0.25, -0.2) is 4.98 Å². The quantitative estimate of drug-likeness (QED) is 0.445. The molecule has 0 aliphatic carbocycles. The molecule has 0 saturated heterocycles. The van der Waals surface area contributed by atoms with Crippen molar-refractivity contribution in [1.29, 1.82) is 0 Å². The third-order valence-corrected chi connectivity index (χ3v) is 2.51. The molecule has 1 aromatic carbocycles. The Kier molecular flexibility index (Phi) is 1.47. The highest BCUT2D eigenvalue weighted by atomic mass is 32.1. The second-order valence-corrected chi connectivity index (χ2v) is 3.54. The zero-order chi connectivity index (χ0) is 8.72. The normalized spacial score (nSPS) is 10.7. The minimum Gasteiger partial charge on any atom is -0.399 e. The van der Waals surface area contributed by atoms with Gasteiger partial charge < -0.3 is 11.5 Å². The summed E-state index contributed by atoms with van der Waals surface area (Å²) in [4.78, 5) is 4.07. The van der Waals surface area contributed by atoms with Crippen LogP contribution in [0.25, 0.3) is 10.2 Å². The number of nitrogen functional groups attached to an aromatic ring is 2. The average molecular weight is 175 g/mol. The van der Waals surface area contributed by atoms with E-state index in [0.29, 0.717) is 16.3 Å². The Morgan fingerprint density at radius 1 is 1.33 bits per heavy atom. The van der Waals surface area contributed by atoms with Crippen LogP contribution in [0.15, 0.2) is 12.1 Å². The molecule has 0 spiro atoms. The Labute approximate surface area is 74.8 Å². The number of fused-ring (bicyclic) bond motifs is 1. The van der Waals surface area contributed by atoms with Gasteiger partial charge in [0.25, 0.3) is 0 Å². The van der Waals surface area contributed by atoms with Gasteiger partial charge in [-0.2, -0.15) is 0 Å². The Balaban J connectivity index is 2.88. The van der Waals surface area contributed by atoms with Crippen molar-refractivity contribution < 1.29 is 0 Å². The average Bonchev–Trinajstić information content (AvgIpc) is 2.29. The molecule has 0 atom stereocenters. The molecular formula is C7H6BN3S. The molecule has 0 aliphatic heterocycles. The summed E-state index contributed by atoms with van der Waals surface area (Å²) < 4.78 is 0.904. The van der Waals surface area contributed by atoms with Crippen LogP contribution >= 0.6 is 11.3 Å². The molecule has 0 saturated carbocycles. The lowest BCUT2D eigenvalue weighted by Crippen LogP contribution is -2.03. The largest absolute Gasteiger partial charge is 0.399 e. The molecular weight excluding hydrogens is 169 g/mol. The molecule has 58 valence electrons. The molecule has 2 radical (unpaired) electrons. The first-order valence-electron chi connectivity index (χ1n) is 3.38. The van der Waals surface area contributed by atoms with Gasteiger partial charge in [0.1, 0.15) is 7.85 Å². The van der Waals surface area contributed by atoms with Crippen molar-refractivity contribution in [2.45, 2.75) is 0 Å². The fraction of sp³-hybridized carbons (Fsp3) is 0. The zero-order valence-electron chi connectivity index (χ0n) is 6.24. The van der Waals surface area contributed by atoms with Crippen molar-refractivity contribution in [2.75, 3.05) is 11.5 Å². The molecule has 1 heterocycles. The maximum Gasteiger partial charge on any atom is 0.181 e. The second kappa shape index (κ2) is 2.38. The van der Waals surface area contributed by atoms with E-state index in [1.807, 2.05) is 0 Å². The Morgan fingerprint density at radius 2 is 2.08 bits per heavy atom. The number of thiazole rings is 1. The second-order valence-electron chi connectivity index (χ2n) is 2.51. The summed E-state index contributed by atoms with van der Waals surface area (Å²) in [6, 6.07) is 3.47. The molecule has 0 bridgehead atoms. The van der Waals surface area contributed by atoms with E-state index in [1.165, 1.54) is 11.3 Å². The van der Waals surface area contributed by atoms with E-state index in [4.69, 9.17) is 19.3 Å². The maximum atomic E-state index is 5.71. The molecule has 4 N–H and O–H groups in total. The third-order valence-electron chi connectivity index (χ3n) is 1.56. The Hall–Kier alpha value is -1.23. The van der Waals surface area contributed by atoms with Gasteiger partial charge in [0, 0.05) is 10.4 Å². The summed E-state index contributed by atoms with van der Waals surface area (Å²) in [6.07, 6.45) is 0. The maximum absolute atomic E-state index is 5.71. The van der Waals surface area contributed by atoms with Crippen LogP contribution in [0.1, 0.15) is 0 Å². The van der Waals surface area contributed by atoms with Gasteiger partial charge in [0.05, 0.1) is 5.52 Å². The fourth-order valence-corrected chi connectivity index (χ4v) is 1.84. The molecule has 2 rings (SSSR count). The summed E-state index contributed by atoms with van der Waals surface area (Å²) >= 11 is 1.37. The van der Waals surface area contributed by atoms with E-state index in [0.717, 1.165) is 10.2 Å². The first-order valence-corrected chi connectivity index (χ1v) is 4.19. The highest BCUT2D eigenvalue weighted by Crippen LogP contribution is 2.22. The van der Waals surface area contributed by atoms with E-state index in [2.05, 4.69) is 4.98 Å². The molecule has 0 aliphatic rings. The third kappa shape index (κ3) is 1.02. The van der Waals surface area contributed by atoms with Crippen molar-refractivity contribution in [3.8, 4) is 0 Å². The Bertz CT molecular complexity index is 437. The van der Waals surface area contributed by atoms with Crippen LogP contribution in [0.4, 0.5) is 10.8 Å². The predicted octanol–water partition coefficient (Wildman–Crippen LogP) is 0.254. The van der Waals surface area contributed by atoms with Crippen LogP contribution in [0.3, 0.4) is 0 Å². The summed E-state index contributed by atoms with van der Waals surface area (Å²) in [5, 5.41) is 0.516. The first kappa shape index (κ1) is 7.43. The lowest BCUT2D eigenvalue weighted by Gasteiger charge is -1.96. The van der Waals surface area contributed by atoms with E-state index in [9.17, 15) is 0 Å². The van der Waals surface area contributed by atoms with Gasteiger partial charge in [-0.05, 0) is 12.1 Å². The van der Waals surface area contributed by atoms with Gasteiger partial charge in [-0.15, -0.1) is 0 Å². The van der Waals surface area contributed by atoms with Gasteiger partial charge in [-0.1, -0.05) is 16.8 Å².